The summed E-state index contributed by atoms with van der Waals surface area (Å²) in [5, 5.41) is 17.7. The van der Waals surface area contributed by atoms with Gasteiger partial charge in [-0.2, -0.15) is 0 Å². The molecule has 160 valence electrons. The highest BCUT2D eigenvalue weighted by Crippen LogP contribution is 2.29. The minimum Gasteiger partial charge on any atom is -0.393 e. The second kappa shape index (κ2) is 14.2. The molecule has 3 N–H and O–H groups in total. The fourth-order valence-electron chi connectivity index (χ4n) is 2.63. The molecule has 7 heteroatoms. The largest absolute Gasteiger partial charge is 0.393 e. The Labute approximate surface area is 175 Å². The molecule has 0 saturated heterocycles. The summed E-state index contributed by atoms with van der Waals surface area (Å²) < 4.78 is 0. The van der Waals surface area contributed by atoms with Gasteiger partial charge in [0.25, 0.3) is 0 Å². The third-order valence-corrected chi connectivity index (χ3v) is 4.31. The van der Waals surface area contributed by atoms with E-state index in [9.17, 15) is 4.79 Å². The lowest BCUT2D eigenvalue weighted by molar-refractivity contribution is -0.114. The van der Waals surface area contributed by atoms with Gasteiger partial charge in [-0.1, -0.05) is 45.6 Å². The number of hydrogen-bond acceptors (Lipinski definition) is 6. The molecular weight excluding hydrogens is 364 g/mol. The number of azo groups is 1. The number of carbonyl (C=O) groups is 1. The van der Waals surface area contributed by atoms with Gasteiger partial charge in [-0.05, 0) is 24.6 Å². The first kappa shape index (κ1) is 24.2. The van der Waals surface area contributed by atoms with Crippen LogP contribution in [0.15, 0.2) is 53.2 Å². The summed E-state index contributed by atoms with van der Waals surface area (Å²) in [7, 11) is 3.67. The molecule has 0 aromatic heterocycles. The summed E-state index contributed by atoms with van der Waals surface area (Å²) >= 11 is 0. The van der Waals surface area contributed by atoms with Gasteiger partial charge in [-0.15, -0.1) is 10.2 Å². The van der Waals surface area contributed by atoms with Crippen molar-refractivity contribution in [2.45, 2.75) is 52.4 Å². The first-order valence-corrected chi connectivity index (χ1v) is 10.3. The summed E-state index contributed by atoms with van der Waals surface area (Å²) in [6.07, 6.45) is 11.1. The molecule has 0 bridgehead atoms. The molecule has 0 spiro atoms. The summed E-state index contributed by atoms with van der Waals surface area (Å²) in [5.41, 5.74) is 2.23. The number of hydrogen-bond donors (Lipinski definition) is 3. The monoisotopic (exact) mass is 400 g/mol. The number of amides is 1. The Bertz CT molecular complexity index is 699. The van der Waals surface area contributed by atoms with Crippen molar-refractivity contribution >= 4 is 23.0 Å². The fraction of sp³-hybridized carbons (Fsp3) is 0.500. The van der Waals surface area contributed by atoms with E-state index in [1.807, 2.05) is 38.5 Å². The Morgan fingerprint density at radius 2 is 1.93 bits per heavy atom. The molecule has 7 nitrogen and oxygen atoms in total. The van der Waals surface area contributed by atoms with Crippen LogP contribution in [0.1, 0.15) is 52.4 Å². The number of nitrogens with zero attached hydrogens (tertiary/aromatic N) is 3. The van der Waals surface area contributed by atoms with Crippen molar-refractivity contribution in [3.05, 3.63) is 43.0 Å². The van der Waals surface area contributed by atoms with Gasteiger partial charge in [-0.3, -0.25) is 4.79 Å². The Balaban J connectivity index is 2.79. The normalized spacial score (nSPS) is 11.0. The average Bonchev–Trinajstić information content (AvgIpc) is 2.70. The van der Waals surface area contributed by atoms with E-state index in [-0.39, 0.29) is 5.91 Å². The van der Waals surface area contributed by atoms with E-state index in [4.69, 9.17) is 0 Å². The zero-order chi connectivity index (χ0) is 21.5. The summed E-state index contributed by atoms with van der Waals surface area (Å²) in [6, 6.07) is 5.59. The molecule has 29 heavy (non-hydrogen) atoms. The highest BCUT2D eigenvalue weighted by Gasteiger charge is 2.06. The molecule has 0 aliphatic rings. The number of unbranched alkanes of at least 4 members (excludes halogenated alkanes) is 5. The summed E-state index contributed by atoms with van der Waals surface area (Å²) in [6.45, 7) is 8.52. The summed E-state index contributed by atoms with van der Waals surface area (Å²) in [5.74, 6) is 0.380. The molecule has 1 aromatic rings. The van der Waals surface area contributed by atoms with Crippen molar-refractivity contribution < 1.29 is 4.79 Å². The molecule has 1 aromatic carbocycles. The van der Waals surface area contributed by atoms with E-state index < -0.39 is 0 Å². The van der Waals surface area contributed by atoms with E-state index >= 15 is 0 Å². The summed E-state index contributed by atoms with van der Waals surface area (Å²) in [4.78, 5) is 13.1. The number of anilines is 2. The van der Waals surface area contributed by atoms with Crippen LogP contribution in [-0.2, 0) is 4.79 Å². The molecule has 0 radical (unpaired) electrons. The van der Waals surface area contributed by atoms with Gasteiger partial charge in [0.1, 0.15) is 11.5 Å². The van der Waals surface area contributed by atoms with Crippen LogP contribution >= 0.6 is 0 Å². The van der Waals surface area contributed by atoms with Crippen molar-refractivity contribution in [2.24, 2.45) is 10.2 Å². The van der Waals surface area contributed by atoms with Crippen LogP contribution in [-0.4, -0.2) is 31.4 Å². The molecule has 0 aliphatic carbocycles. The van der Waals surface area contributed by atoms with Crippen LogP contribution in [0, 0.1) is 0 Å². The predicted molar refractivity (Wildman–Crippen MR) is 122 cm³/mol. The second-order valence-corrected chi connectivity index (χ2v) is 6.94. The van der Waals surface area contributed by atoms with E-state index in [0.717, 1.165) is 18.7 Å². The third kappa shape index (κ3) is 10.3. The van der Waals surface area contributed by atoms with Crippen LogP contribution in [0.2, 0.25) is 0 Å². The molecule has 0 fully saturated rings. The van der Waals surface area contributed by atoms with Crippen LogP contribution in [0.5, 0.6) is 0 Å². The number of rotatable bonds is 14. The highest BCUT2D eigenvalue weighted by molar-refractivity contribution is 5.90. The van der Waals surface area contributed by atoms with Crippen molar-refractivity contribution in [1.82, 2.24) is 10.2 Å². The lowest BCUT2D eigenvalue weighted by atomic mass is 10.1. The van der Waals surface area contributed by atoms with Gasteiger partial charge >= 0.3 is 0 Å². The van der Waals surface area contributed by atoms with Crippen LogP contribution < -0.4 is 16.0 Å². The van der Waals surface area contributed by atoms with Gasteiger partial charge in [0.15, 0.2) is 0 Å². The van der Waals surface area contributed by atoms with Crippen molar-refractivity contribution in [2.75, 3.05) is 31.3 Å². The molecule has 0 heterocycles. The van der Waals surface area contributed by atoms with Gasteiger partial charge in [0.2, 0.25) is 5.91 Å². The quantitative estimate of drug-likeness (QED) is 0.281. The van der Waals surface area contributed by atoms with Gasteiger partial charge in [-0.25, -0.2) is 0 Å². The average molecular weight is 401 g/mol. The maximum absolute atomic E-state index is 11.4. The molecule has 0 atom stereocenters. The highest BCUT2D eigenvalue weighted by atomic mass is 16.1. The lowest BCUT2D eigenvalue weighted by Crippen LogP contribution is -2.08. The smallest absolute Gasteiger partial charge is 0.221 e. The van der Waals surface area contributed by atoms with Gasteiger partial charge in [0.05, 0.1) is 5.69 Å². The lowest BCUT2D eigenvalue weighted by Gasteiger charge is -2.13. The van der Waals surface area contributed by atoms with E-state index in [2.05, 4.69) is 39.7 Å². The maximum Gasteiger partial charge on any atom is 0.221 e. The predicted octanol–water partition coefficient (Wildman–Crippen LogP) is 5.59. The van der Waals surface area contributed by atoms with Crippen molar-refractivity contribution in [3.8, 4) is 0 Å². The van der Waals surface area contributed by atoms with Crippen LogP contribution in [0.4, 0.5) is 17.1 Å². The van der Waals surface area contributed by atoms with Crippen LogP contribution in [0.25, 0.3) is 0 Å². The molecule has 1 rings (SSSR count). The molecule has 0 saturated carbocycles. The van der Waals surface area contributed by atoms with E-state index in [1.165, 1.54) is 39.0 Å². The minimum atomic E-state index is -0.123. The molecule has 0 unspecified atom stereocenters. The van der Waals surface area contributed by atoms with Crippen LogP contribution in [0.3, 0.4) is 0 Å². The van der Waals surface area contributed by atoms with E-state index in [1.54, 1.807) is 11.1 Å². The molecule has 1 amide bonds. The number of nitrogens with one attached hydrogen (secondary N) is 3. The number of carbonyl (C=O) groups excluding carboxylic acids is 1. The zero-order valence-corrected chi connectivity index (χ0v) is 18.3. The first-order chi connectivity index (χ1) is 14.0. The van der Waals surface area contributed by atoms with Crippen molar-refractivity contribution in [1.29, 1.82) is 0 Å². The van der Waals surface area contributed by atoms with E-state index in [0.29, 0.717) is 17.2 Å². The molecule has 0 aliphatic heterocycles. The fourth-order valence-corrected chi connectivity index (χ4v) is 2.63. The zero-order valence-electron chi connectivity index (χ0n) is 18.3. The second-order valence-electron chi connectivity index (χ2n) is 6.94. The third-order valence-electron chi connectivity index (χ3n) is 4.31. The first-order valence-electron chi connectivity index (χ1n) is 10.3. The Hall–Kier alpha value is -2.83. The topological polar surface area (TPSA) is 81.1 Å². The Morgan fingerprint density at radius 3 is 2.62 bits per heavy atom. The van der Waals surface area contributed by atoms with Gasteiger partial charge < -0.3 is 20.9 Å². The standard InChI is InChI=1S/C22H36N6O/c1-6-7-8-9-10-11-14-24-21-13-12-20(25-19(3)29)17-22(21)27-26-18(2)28(5)16-15-23-4/h12-13,15-17,23-24H,2,6-11,14H2,1,3-5H3,(H,25,29). The minimum absolute atomic E-state index is 0.123. The van der Waals surface area contributed by atoms with Gasteiger partial charge in [0, 0.05) is 45.7 Å². The Morgan fingerprint density at radius 1 is 1.21 bits per heavy atom. The SMILES string of the molecule is C=C(N=Nc1cc(NC(C)=O)ccc1NCCCCCCCC)N(C)C=CNC. The molecular formula is C22H36N6O. The van der Waals surface area contributed by atoms with Crippen molar-refractivity contribution in [3.63, 3.8) is 0 Å². The maximum atomic E-state index is 11.4. The Kier molecular flexibility index (Phi) is 11.9. The number of benzene rings is 1.